The minimum atomic E-state index is -0.958. The molecule has 0 fully saturated rings. The molecule has 1 N–H and O–H groups in total. The van der Waals surface area contributed by atoms with E-state index in [4.69, 9.17) is 19.0 Å². The van der Waals surface area contributed by atoms with Gasteiger partial charge in [0.1, 0.15) is 31.1 Å². The molecule has 0 aliphatic carbocycles. The van der Waals surface area contributed by atoms with Gasteiger partial charge in [0.15, 0.2) is 17.4 Å². The van der Waals surface area contributed by atoms with E-state index in [1.165, 1.54) is 0 Å². The lowest BCUT2D eigenvalue weighted by Gasteiger charge is -2.18. The number of carboxylic acid groups (broad SMARTS) is 1. The molecule has 6 heteroatoms. The standard InChI is InChI=1S/C14H13NO5/c1-8-15-14(12(20-8)7-13(16)17)9-2-3-10-11(6-9)19-5-4-18-10/h2-3,6H,4-5,7H2,1H3,(H,16,17). The van der Waals surface area contributed by atoms with Crippen molar-refractivity contribution in [2.24, 2.45) is 0 Å². The van der Waals surface area contributed by atoms with Crippen LogP contribution in [0.15, 0.2) is 22.6 Å². The molecule has 0 atom stereocenters. The van der Waals surface area contributed by atoms with Crippen molar-refractivity contribution in [1.82, 2.24) is 4.98 Å². The number of hydrogen-bond acceptors (Lipinski definition) is 5. The summed E-state index contributed by atoms with van der Waals surface area (Å²) in [5.41, 5.74) is 1.28. The van der Waals surface area contributed by atoms with Crippen LogP contribution in [-0.2, 0) is 11.2 Å². The summed E-state index contributed by atoms with van der Waals surface area (Å²) in [5.74, 6) is 1.13. The number of ether oxygens (including phenoxy) is 2. The van der Waals surface area contributed by atoms with Gasteiger partial charge in [-0.1, -0.05) is 0 Å². The van der Waals surface area contributed by atoms with Crippen LogP contribution in [0.3, 0.4) is 0 Å². The maximum atomic E-state index is 10.9. The normalized spacial score (nSPS) is 13.2. The van der Waals surface area contributed by atoms with E-state index in [0.29, 0.717) is 42.1 Å². The summed E-state index contributed by atoms with van der Waals surface area (Å²) < 4.78 is 16.3. The van der Waals surface area contributed by atoms with E-state index < -0.39 is 5.97 Å². The van der Waals surface area contributed by atoms with Crippen molar-refractivity contribution in [3.8, 4) is 22.8 Å². The fourth-order valence-corrected chi connectivity index (χ4v) is 2.14. The minimum Gasteiger partial charge on any atom is -0.486 e. The minimum absolute atomic E-state index is 0.204. The molecule has 0 saturated carbocycles. The Morgan fingerprint density at radius 2 is 2.05 bits per heavy atom. The highest BCUT2D eigenvalue weighted by atomic mass is 16.6. The SMILES string of the molecule is Cc1nc(-c2ccc3c(c2)OCCO3)c(CC(=O)O)o1. The van der Waals surface area contributed by atoms with E-state index >= 15 is 0 Å². The van der Waals surface area contributed by atoms with Gasteiger partial charge in [-0.05, 0) is 18.2 Å². The zero-order valence-electron chi connectivity index (χ0n) is 10.9. The van der Waals surface area contributed by atoms with E-state index in [9.17, 15) is 4.79 Å². The Labute approximate surface area is 115 Å². The van der Waals surface area contributed by atoms with Gasteiger partial charge >= 0.3 is 5.97 Å². The van der Waals surface area contributed by atoms with Gasteiger partial charge in [-0.3, -0.25) is 4.79 Å². The second kappa shape index (κ2) is 4.88. The molecule has 1 aromatic carbocycles. The summed E-state index contributed by atoms with van der Waals surface area (Å²) in [6, 6.07) is 5.39. The van der Waals surface area contributed by atoms with Crippen LogP contribution < -0.4 is 9.47 Å². The summed E-state index contributed by atoms with van der Waals surface area (Å²) in [7, 11) is 0. The summed E-state index contributed by atoms with van der Waals surface area (Å²) in [5, 5.41) is 8.91. The Bertz CT molecular complexity index is 662. The lowest BCUT2D eigenvalue weighted by Crippen LogP contribution is -2.15. The molecule has 0 spiro atoms. The first-order chi connectivity index (χ1) is 9.63. The van der Waals surface area contributed by atoms with Crippen LogP contribution >= 0.6 is 0 Å². The van der Waals surface area contributed by atoms with Crippen molar-refractivity contribution in [1.29, 1.82) is 0 Å². The molecule has 2 aromatic rings. The molecule has 0 bridgehead atoms. The molecule has 3 rings (SSSR count). The number of aliphatic carboxylic acids is 1. The third-order valence-electron chi connectivity index (χ3n) is 2.93. The first kappa shape index (κ1) is 12.5. The number of hydrogen-bond donors (Lipinski definition) is 1. The number of oxazole rings is 1. The van der Waals surface area contributed by atoms with Crippen LogP contribution in [0.4, 0.5) is 0 Å². The molecule has 20 heavy (non-hydrogen) atoms. The molecular weight excluding hydrogens is 262 g/mol. The van der Waals surface area contributed by atoms with E-state index in [-0.39, 0.29) is 6.42 Å². The van der Waals surface area contributed by atoms with Crippen molar-refractivity contribution in [2.45, 2.75) is 13.3 Å². The summed E-state index contributed by atoms with van der Waals surface area (Å²) in [6.45, 7) is 2.71. The molecule has 0 unspecified atom stereocenters. The van der Waals surface area contributed by atoms with Crippen molar-refractivity contribution in [3.05, 3.63) is 29.9 Å². The highest BCUT2D eigenvalue weighted by Gasteiger charge is 2.19. The predicted molar refractivity (Wildman–Crippen MR) is 69.0 cm³/mol. The highest BCUT2D eigenvalue weighted by Crippen LogP contribution is 2.35. The molecule has 2 heterocycles. The van der Waals surface area contributed by atoms with Gasteiger partial charge in [0, 0.05) is 12.5 Å². The number of rotatable bonds is 3. The van der Waals surface area contributed by atoms with E-state index in [1.54, 1.807) is 19.1 Å². The second-order valence-electron chi connectivity index (χ2n) is 4.43. The first-order valence-corrected chi connectivity index (χ1v) is 6.21. The molecule has 0 radical (unpaired) electrons. The maximum Gasteiger partial charge on any atom is 0.311 e. The molecule has 1 aliphatic heterocycles. The van der Waals surface area contributed by atoms with Gasteiger partial charge in [-0.15, -0.1) is 0 Å². The number of aryl methyl sites for hydroxylation is 1. The number of aromatic nitrogens is 1. The van der Waals surface area contributed by atoms with Gasteiger partial charge < -0.3 is 19.0 Å². The molecule has 0 amide bonds. The smallest absolute Gasteiger partial charge is 0.311 e. The number of carboxylic acids is 1. The van der Waals surface area contributed by atoms with Crippen molar-refractivity contribution in [2.75, 3.05) is 13.2 Å². The average molecular weight is 275 g/mol. The Morgan fingerprint density at radius 1 is 1.30 bits per heavy atom. The molecule has 1 aliphatic rings. The molecular formula is C14H13NO5. The number of fused-ring (bicyclic) bond motifs is 1. The van der Waals surface area contributed by atoms with Gasteiger partial charge in [0.25, 0.3) is 0 Å². The Morgan fingerprint density at radius 3 is 2.80 bits per heavy atom. The number of nitrogens with zero attached hydrogens (tertiary/aromatic N) is 1. The van der Waals surface area contributed by atoms with Gasteiger partial charge in [-0.2, -0.15) is 0 Å². The molecule has 104 valence electrons. The third-order valence-corrected chi connectivity index (χ3v) is 2.93. The van der Waals surface area contributed by atoms with Crippen molar-refractivity contribution >= 4 is 5.97 Å². The summed E-state index contributed by atoms with van der Waals surface area (Å²) in [6.07, 6.45) is -0.204. The fraction of sp³-hybridized carbons (Fsp3) is 0.286. The van der Waals surface area contributed by atoms with Crippen molar-refractivity contribution in [3.63, 3.8) is 0 Å². The lowest BCUT2D eigenvalue weighted by molar-refractivity contribution is -0.136. The van der Waals surface area contributed by atoms with Crippen LogP contribution in [-0.4, -0.2) is 29.3 Å². The van der Waals surface area contributed by atoms with E-state index in [2.05, 4.69) is 4.98 Å². The maximum absolute atomic E-state index is 10.9. The average Bonchev–Trinajstić information content (AvgIpc) is 2.78. The topological polar surface area (TPSA) is 81.8 Å². The van der Waals surface area contributed by atoms with Crippen LogP contribution in [0, 0.1) is 6.92 Å². The van der Waals surface area contributed by atoms with Gasteiger partial charge in [0.2, 0.25) is 0 Å². The van der Waals surface area contributed by atoms with Gasteiger partial charge in [0.05, 0.1) is 0 Å². The number of carbonyl (C=O) groups is 1. The lowest BCUT2D eigenvalue weighted by atomic mass is 10.1. The van der Waals surface area contributed by atoms with Crippen LogP contribution in [0.1, 0.15) is 11.7 Å². The Kier molecular flexibility index (Phi) is 3.06. The third kappa shape index (κ3) is 2.32. The quantitative estimate of drug-likeness (QED) is 0.923. The number of benzene rings is 1. The molecule has 6 nitrogen and oxygen atoms in total. The van der Waals surface area contributed by atoms with Gasteiger partial charge in [-0.25, -0.2) is 4.98 Å². The highest BCUT2D eigenvalue weighted by molar-refractivity contribution is 5.74. The monoisotopic (exact) mass is 275 g/mol. The zero-order chi connectivity index (χ0) is 14.1. The summed E-state index contributed by atoms with van der Waals surface area (Å²) >= 11 is 0. The van der Waals surface area contributed by atoms with E-state index in [1.807, 2.05) is 6.07 Å². The van der Waals surface area contributed by atoms with Crippen LogP contribution in [0.5, 0.6) is 11.5 Å². The molecule has 0 saturated heterocycles. The fourth-order valence-electron chi connectivity index (χ4n) is 2.14. The second-order valence-corrected chi connectivity index (χ2v) is 4.43. The van der Waals surface area contributed by atoms with Crippen LogP contribution in [0.25, 0.3) is 11.3 Å². The zero-order valence-corrected chi connectivity index (χ0v) is 10.9. The predicted octanol–water partition coefficient (Wildman–Crippen LogP) is 2.05. The largest absolute Gasteiger partial charge is 0.486 e. The van der Waals surface area contributed by atoms with Crippen molar-refractivity contribution < 1.29 is 23.8 Å². The molecule has 1 aromatic heterocycles. The Hall–Kier alpha value is -2.50. The summed E-state index contributed by atoms with van der Waals surface area (Å²) in [4.78, 5) is 15.1. The Balaban J connectivity index is 2.02. The van der Waals surface area contributed by atoms with E-state index in [0.717, 1.165) is 5.56 Å². The first-order valence-electron chi connectivity index (χ1n) is 6.21. The van der Waals surface area contributed by atoms with Crippen LogP contribution in [0.2, 0.25) is 0 Å².